The Morgan fingerprint density at radius 3 is 2.65 bits per heavy atom. The third kappa shape index (κ3) is 4.03. The lowest BCUT2D eigenvalue weighted by atomic mass is 10.1. The number of hydrogen-bond acceptors (Lipinski definition) is 3. The standard InChI is InChI=1S/C10H9BrF2O4/c11-6-2-7(12)5(1-8(6)13)9(14)3-17-4-10(15)16/h1-2,9,14H,3-4H2,(H,15,16). The van der Waals surface area contributed by atoms with E-state index in [0.29, 0.717) is 0 Å². The lowest BCUT2D eigenvalue weighted by Gasteiger charge is -2.12. The van der Waals surface area contributed by atoms with E-state index in [2.05, 4.69) is 20.7 Å². The van der Waals surface area contributed by atoms with Crippen molar-refractivity contribution in [2.75, 3.05) is 13.2 Å². The van der Waals surface area contributed by atoms with Crippen LogP contribution in [0, 0.1) is 11.6 Å². The van der Waals surface area contributed by atoms with Gasteiger partial charge in [0.25, 0.3) is 0 Å². The van der Waals surface area contributed by atoms with Gasteiger partial charge in [0.05, 0.1) is 11.1 Å². The molecule has 0 bridgehead atoms. The third-order valence-electron chi connectivity index (χ3n) is 1.90. The molecule has 1 aromatic rings. The summed E-state index contributed by atoms with van der Waals surface area (Å²) in [6.45, 7) is -1.04. The molecule has 94 valence electrons. The number of halogens is 3. The highest BCUT2D eigenvalue weighted by Gasteiger charge is 2.16. The highest BCUT2D eigenvalue weighted by Crippen LogP contribution is 2.24. The Labute approximate surface area is 104 Å². The van der Waals surface area contributed by atoms with E-state index in [1.165, 1.54) is 0 Å². The number of rotatable bonds is 5. The van der Waals surface area contributed by atoms with Gasteiger partial charge in [0, 0.05) is 5.56 Å². The summed E-state index contributed by atoms with van der Waals surface area (Å²) in [7, 11) is 0. The molecule has 2 N–H and O–H groups in total. The van der Waals surface area contributed by atoms with Crippen molar-refractivity contribution in [3.63, 3.8) is 0 Å². The van der Waals surface area contributed by atoms with Crippen molar-refractivity contribution >= 4 is 21.9 Å². The van der Waals surface area contributed by atoms with Gasteiger partial charge < -0.3 is 14.9 Å². The second kappa shape index (κ2) is 6.04. The Hall–Kier alpha value is -1.05. The highest BCUT2D eigenvalue weighted by molar-refractivity contribution is 9.10. The molecule has 4 nitrogen and oxygen atoms in total. The molecule has 0 heterocycles. The first-order valence-corrected chi connectivity index (χ1v) is 5.33. The van der Waals surface area contributed by atoms with E-state index in [0.717, 1.165) is 12.1 Å². The van der Waals surface area contributed by atoms with Gasteiger partial charge in [-0.2, -0.15) is 0 Å². The maximum absolute atomic E-state index is 13.3. The number of carboxylic acids is 1. The number of benzene rings is 1. The van der Waals surface area contributed by atoms with Crippen molar-refractivity contribution in [3.8, 4) is 0 Å². The minimum absolute atomic E-state index is 0.0580. The quantitative estimate of drug-likeness (QED) is 0.815. The molecule has 0 saturated heterocycles. The summed E-state index contributed by atoms with van der Waals surface area (Å²) in [6, 6.07) is 1.71. The van der Waals surface area contributed by atoms with Crippen LogP contribution in [0.2, 0.25) is 0 Å². The Morgan fingerprint density at radius 2 is 2.06 bits per heavy atom. The largest absolute Gasteiger partial charge is 0.480 e. The van der Waals surface area contributed by atoms with Gasteiger partial charge in [-0.05, 0) is 28.1 Å². The van der Waals surface area contributed by atoms with E-state index in [-0.39, 0.29) is 10.0 Å². The summed E-state index contributed by atoms with van der Waals surface area (Å²) in [5, 5.41) is 17.8. The smallest absolute Gasteiger partial charge is 0.329 e. The first kappa shape index (κ1) is 14.0. The Kier molecular flexibility index (Phi) is 4.98. The van der Waals surface area contributed by atoms with Gasteiger partial charge >= 0.3 is 5.97 Å². The topological polar surface area (TPSA) is 66.8 Å². The molecule has 7 heteroatoms. The van der Waals surface area contributed by atoms with Gasteiger partial charge in [-0.1, -0.05) is 0 Å². The van der Waals surface area contributed by atoms with Crippen LogP contribution in [-0.4, -0.2) is 29.4 Å². The first-order valence-electron chi connectivity index (χ1n) is 4.54. The molecule has 0 aliphatic heterocycles. The molecule has 0 amide bonds. The number of ether oxygens (including phenoxy) is 1. The van der Waals surface area contributed by atoms with E-state index in [1.807, 2.05) is 0 Å². The second-order valence-corrected chi connectivity index (χ2v) is 4.07. The van der Waals surface area contributed by atoms with Crippen molar-refractivity contribution < 1.29 is 28.5 Å². The number of aliphatic hydroxyl groups excluding tert-OH is 1. The summed E-state index contributed by atoms with van der Waals surface area (Å²) in [6.07, 6.45) is -1.42. The number of aliphatic carboxylic acids is 1. The second-order valence-electron chi connectivity index (χ2n) is 3.21. The van der Waals surface area contributed by atoms with Crippen LogP contribution in [-0.2, 0) is 9.53 Å². The van der Waals surface area contributed by atoms with E-state index >= 15 is 0 Å². The fraction of sp³-hybridized carbons (Fsp3) is 0.300. The van der Waals surface area contributed by atoms with Crippen LogP contribution in [0.5, 0.6) is 0 Å². The SMILES string of the molecule is O=C(O)COCC(O)c1cc(F)c(Br)cc1F. The Balaban J connectivity index is 2.71. The van der Waals surface area contributed by atoms with Crippen molar-refractivity contribution in [3.05, 3.63) is 33.8 Å². The summed E-state index contributed by atoms with van der Waals surface area (Å²) in [4.78, 5) is 10.1. The fourth-order valence-corrected chi connectivity index (χ4v) is 1.46. The van der Waals surface area contributed by atoms with Crippen molar-refractivity contribution in [2.45, 2.75) is 6.10 Å². The number of carbonyl (C=O) groups is 1. The number of aliphatic hydroxyl groups is 1. The average Bonchev–Trinajstić information content (AvgIpc) is 2.22. The predicted octanol–water partition coefficient (Wildman–Crippen LogP) is 1.86. The van der Waals surface area contributed by atoms with E-state index in [9.17, 15) is 18.7 Å². The molecular formula is C10H9BrF2O4. The molecule has 0 aliphatic carbocycles. The van der Waals surface area contributed by atoms with Crippen LogP contribution in [0.1, 0.15) is 11.7 Å². The van der Waals surface area contributed by atoms with Gasteiger partial charge in [0.1, 0.15) is 24.3 Å². The molecule has 0 fully saturated rings. The molecule has 1 atom stereocenters. The molecule has 17 heavy (non-hydrogen) atoms. The molecule has 0 radical (unpaired) electrons. The van der Waals surface area contributed by atoms with Crippen LogP contribution in [0.25, 0.3) is 0 Å². The van der Waals surface area contributed by atoms with Gasteiger partial charge in [-0.25, -0.2) is 13.6 Å². The normalized spacial score (nSPS) is 12.5. The van der Waals surface area contributed by atoms with Gasteiger partial charge in [0.15, 0.2) is 0 Å². The summed E-state index contributed by atoms with van der Waals surface area (Å²) >= 11 is 2.80. The van der Waals surface area contributed by atoms with Gasteiger partial charge in [-0.15, -0.1) is 0 Å². The molecule has 1 rings (SSSR count). The molecule has 0 aliphatic rings. The summed E-state index contributed by atoms with van der Waals surface area (Å²) in [5.41, 5.74) is -0.281. The third-order valence-corrected chi connectivity index (χ3v) is 2.51. The molecule has 1 unspecified atom stereocenters. The average molecular weight is 311 g/mol. The Morgan fingerprint density at radius 1 is 1.41 bits per heavy atom. The molecule has 1 aromatic carbocycles. The molecule has 0 saturated carbocycles. The Bertz CT molecular complexity index is 425. The van der Waals surface area contributed by atoms with Crippen LogP contribution in [0.15, 0.2) is 16.6 Å². The summed E-state index contributed by atoms with van der Waals surface area (Å²) in [5.74, 6) is -2.73. The van der Waals surface area contributed by atoms with Crippen molar-refractivity contribution in [2.24, 2.45) is 0 Å². The summed E-state index contributed by atoms with van der Waals surface area (Å²) < 4.78 is 31.0. The predicted molar refractivity (Wildman–Crippen MR) is 57.5 cm³/mol. The van der Waals surface area contributed by atoms with E-state index in [4.69, 9.17) is 5.11 Å². The molecular weight excluding hydrogens is 302 g/mol. The molecule has 0 aromatic heterocycles. The first-order chi connectivity index (χ1) is 7.91. The maximum atomic E-state index is 13.3. The lowest BCUT2D eigenvalue weighted by Crippen LogP contribution is -2.14. The van der Waals surface area contributed by atoms with E-state index < -0.39 is 36.9 Å². The van der Waals surface area contributed by atoms with Crippen LogP contribution in [0.3, 0.4) is 0 Å². The lowest BCUT2D eigenvalue weighted by molar-refractivity contribution is -0.143. The van der Waals surface area contributed by atoms with Crippen molar-refractivity contribution in [1.29, 1.82) is 0 Å². The number of hydrogen-bond donors (Lipinski definition) is 2. The van der Waals surface area contributed by atoms with E-state index in [1.54, 1.807) is 0 Å². The zero-order chi connectivity index (χ0) is 13.0. The zero-order valence-corrected chi connectivity index (χ0v) is 10.1. The number of carboxylic acid groups (broad SMARTS) is 1. The molecule has 0 spiro atoms. The zero-order valence-electron chi connectivity index (χ0n) is 8.49. The van der Waals surface area contributed by atoms with Crippen LogP contribution >= 0.6 is 15.9 Å². The van der Waals surface area contributed by atoms with Gasteiger partial charge in [-0.3, -0.25) is 0 Å². The monoisotopic (exact) mass is 310 g/mol. The fourth-order valence-electron chi connectivity index (χ4n) is 1.14. The highest BCUT2D eigenvalue weighted by atomic mass is 79.9. The van der Waals surface area contributed by atoms with Crippen LogP contribution in [0.4, 0.5) is 8.78 Å². The maximum Gasteiger partial charge on any atom is 0.329 e. The minimum atomic E-state index is -1.42. The van der Waals surface area contributed by atoms with Gasteiger partial charge in [0.2, 0.25) is 0 Å². The van der Waals surface area contributed by atoms with Crippen LogP contribution < -0.4 is 0 Å². The van der Waals surface area contributed by atoms with Crippen molar-refractivity contribution in [1.82, 2.24) is 0 Å². The minimum Gasteiger partial charge on any atom is -0.480 e.